The number of fused-ring (bicyclic) bond motifs is 2. The maximum Gasteiger partial charge on any atom is 0.221 e. The van der Waals surface area contributed by atoms with Crippen LogP contribution in [0.2, 0.25) is 0 Å². The summed E-state index contributed by atoms with van der Waals surface area (Å²) in [6, 6.07) is 5.81. The lowest BCUT2D eigenvalue weighted by molar-refractivity contribution is -0.156. The van der Waals surface area contributed by atoms with Crippen molar-refractivity contribution < 1.29 is 14.3 Å². The van der Waals surface area contributed by atoms with Crippen LogP contribution in [0.1, 0.15) is 23.6 Å². The molecule has 1 aromatic heterocycles. The quantitative estimate of drug-likeness (QED) is 0.779. The Morgan fingerprint density at radius 2 is 1.96 bits per heavy atom. The van der Waals surface area contributed by atoms with E-state index >= 15 is 0 Å². The van der Waals surface area contributed by atoms with Crippen molar-refractivity contribution in [2.75, 3.05) is 6.61 Å². The van der Waals surface area contributed by atoms with Gasteiger partial charge in [-0.3, -0.25) is 4.79 Å². The molecule has 23 heavy (non-hydrogen) atoms. The van der Waals surface area contributed by atoms with Gasteiger partial charge in [0.15, 0.2) is 5.78 Å². The first-order chi connectivity index (χ1) is 11.0. The van der Waals surface area contributed by atoms with Crippen LogP contribution in [-0.4, -0.2) is 44.6 Å². The molecule has 3 atom stereocenters. The molecule has 0 unspecified atom stereocenters. The Morgan fingerprint density at radius 3 is 2.70 bits per heavy atom. The summed E-state index contributed by atoms with van der Waals surface area (Å²) in [5.74, 6) is -0.0772. The number of hydrogen-bond acceptors (Lipinski definition) is 6. The molecule has 1 aromatic carbocycles. The molecule has 3 heterocycles. The summed E-state index contributed by atoms with van der Waals surface area (Å²) in [7, 11) is 0. The number of carbonyl (C=O) groups excluding carboxylic acids is 1. The maximum absolute atomic E-state index is 12.0. The first kappa shape index (κ1) is 14.7. The fourth-order valence-corrected chi connectivity index (χ4v) is 3.48. The average Bonchev–Trinajstić information content (AvgIpc) is 3.08. The normalized spacial score (nSPS) is 26.7. The lowest BCUT2D eigenvalue weighted by atomic mass is 10.0. The van der Waals surface area contributed by atoms with Crippen LogP contribution >= 0.6 is 12.2 Å². The van der Waals surface area contributed by atoms with Gasteiger partial charge in [-0.05, 0) is 59.8 Å². The first-order valence-corrected chi connectivity index (χ1v) is 7.87. The monoisotopic (exact) mass is 332 g/mol. The van der Waals surface area contributed by atoms with Gasteiger partial charge < -0.3 is 9.47 Å². The SMILES string of the molecule is Cc1cc(C)cc(-n2nnn([C@@H]3CC(=O)[C@H]4OC[C@H]3O4)c2=S)c1. The molecular weight excluding hydrogens is 316 g/mol. The molecule has 0 spiro atoms. The Balaban J connectivity index is 1.74. The zero-order valence-corrected chi connectivity index (χ0v) is 13.6. The van der Waals surface area contributed by atoms with Crippen LogP contribution < -0.4 is 0 Å². The highest BCUT2D eigenvalue weighted by Gasteiger charge is 2.45. The number of nitrogens with zero attached hydrogens (tertiary/aromatic N) is 4. The number of Topliss-reactive ketones (excluding diaryl/α,β-unsaturated/α-hetero) is 1. The smallest absolute Gasteiger partial charge is 0.221 e. The van der Waals surface area contributed by atoms with Crippen LogP contribution in [0.25, 0.3) is 5.69 Å². The van der Waals surface area contributed by atoms with Gasteiger partial charge in [-0.2, -0.15) is 4.68 Å². The van der Waals surface area contributed by atoms with Gasteiger partial charge in [-0.15, -0.1) is 0 Å². The van der Waals surface area contributed by atoms with Gasteiger partial charge in [-0.1, -0.05) is 6.07 Å². The number of ether oxygens (including phenoxy) is 2. The van der Waals surface area contributed by atoms with Crippen LogP contribution in [0, 0.1) is 18.6 Å². The molecule has 0 radical (unpaired) electrons. The number of aromatic nitrogens is 4. The highest BCUT2D eigenvalue weighted by molar-refractivity contribution is 7.71. The minimum Gasteiger partial charge on any atom is -0.343 e. The van der Waals surface area contributed by atoms with Crippen molar-refractivity contribution in [1.82, 2.24) is 19.8 Å². The number of aryl methyl sites for hydroxylation is 2. The van der Waals surface area contributed by atoms with Crippen molar-refractivity contribution in [1.29, 1.82) is 0 Å². The van der Waals surface area contributed by atoms with Crippen molar-refractivity contribution in [3.8, 4) is 5.69 Å². The van der Waals surface area contributed by atoms with Crippen LogP contribution in [0.4, 0.5) is 0 Å². The molecule has 0 aliphatic carbocycles. The minimum atomic E-state index is -0.722. The van der Waals surface area contributed by atoms with E-state index in [-0.39, 0.29) is 17.9 Å². The van der Waals surface area contributed by atoms with Crippen molar-refractivity contribution in [2.24, 2.45) is 0 Å². The summed E-state index contributed by atoms with van der Waals surface area (Å²) in [5, 5.41) is 8.33. The van der Waals surface area contributed by atoms with E-state index in [1.165, 1.54) is 0 Å². The number of hydrogen-bond donors (Lipinski definition) is 0. The minimum absolute atomic E-state index is 0.0772. The fraction of sp³-hybridized carbons (Fsp3) is 0.467. The van der Waals surface area contributed by atoms with Gasteiger partial charge in [-0.25, -0.2) is 4.68 Å². The van der Waals surface area contributed by atoms with Crippen molar-refractivity contribution in [3.05, 3.63) is 34.1 Å². The van der Waals surface area contributed by atoms with Gasteiger partial charge in [0.25, 0.3) is 0 Å². The second kappa shape index (κ2) is 5.33. The predicted molar refractivity (Wildman–Crippen MR) is 82.9 cm³/mol. The average molecular weight is 332 g/mol. The van der Waals surface area contributed by atoms with Gasteiger partial charge in [0.05, 0.1) is 18.3 Å². The molecule has 2 aromatic rings. The van der Waals surface area contributed by atoms with Crippen LogP contribution in [0.5, 0.6) is 0 Å². The van der Waals surface area contributed by atoms with Crippen LogP contribution in [0.15, 0.2) is 18.2 Å². The Bertz CT molecular complexity index is 823. The Kier molecular flexibility index (Phi) is 3.40. The summed E-state index contributed by atoms with van der Waals surface area (Å²) in [6.45, 7) is 4.42. The second-order valence-electron chi connectivity index (χ2n) is 6.04. The molecule has 4 rings (SSSR count). The van der Waals surface area contributed by atoms with E-state index in [0.717, 1.165) is 16.8 Å². The summed E-state index contributed by atoms with van der Waals surface area (Å²) in [5.41, 5.74) is 3.11. The van der Waals surface area contributed by atoms with E-state index in [2.05, 4.69) is 16.5 Å². The van der Waals surface area contributed by atoms with E-state index in [1.54, 1.807) is 9.36 Å². The third-order valence-corrected chi connectivity index (χ3v) is 4.54. The second-order valence-corrected chi connectivity index (χ2v) is 6.41. The molecule has 0 amide bonds. The number of rotatable bonds is 2. The van der Waals surface area contributed by atoms with E-state index in [1.807, 2.05) is 26.0 Å². The fourth-order valence-electron chi connectivity index (χ4n) is 3.17. The van der Waals surface area contributed by atoms with Crippen LogP contribution in [0.3, 0.4) is 0 Å². The standard InChI is InChI=1S/C15H16N4O3S/c1-8-3-9(2)5-10(4-8)18-15(23)19(17-16-18)11-6-12(20)14-21-7-13(11)22-14/h3-5,11,13-14H,6-7H2,1-2H3/t11-,13-,14+/m1/s1. The maximum atomic E-state index is 12.0. The summed E-state index contributed by atoms with van der Waals surface area (Å²) in [4.78, 5) is 12.0. The Labute approximate surface area is 137 Å². The topological polar surface area (TPSA) is 71.2 Å². The molecule has 2 fully saturated rings. The van der Waals surface area contributed by atoms with Crippen LogP contribution in [-0.2, 0) is 14.3 Å². The number of benzene rings is 1. The number of tetrazole rings is 1. The Morgan fingerprint density at radius 1 is 1.22 bits per heavy atom. The molecular formula is C15H16N4O3S. The molecule has 2 saturated heterocycles. The lowest BCUT2D eigenvalue weighted by Gasteiger charge is -2.25. The van der Waals surface area contributed by atoms with Gasteiger partial charge >= 0.3 is 0 Å². The van der Waals surface area contributed by atoms with E-state index < -0.39 is 6.29 Å². The molecule has 120 valence electrons. The molecule has 7 nitrogen and oxygen atoms in total. The number of ketones is 1. The molecule has 0 N–H and O–H groups in total. The molecule has 2 aliphatic rings. The zero-order chi connectivity index (χ0) is 16.1. The number of carbonyl (C=O) groups is 1. The first-order valence-electron chi connectivity index (χ1n) is 7.46. The largest absolute Gasteiger partial charge is 0.343 e. The van der Waals surface area contributed by atoms with E-state index in [9.17, 15) is 4.79 Å². The highest BCUT2D eigenvalue weighted by Crippen LogP contribution is 2.32. The highest BCUT2D eigenvalue weighted by atomic mass is 32.1. The zero-order valence-electron chi connectivity index (χ0n) is 12.8. The van der Waals surface area contributed by atoms with Crippen molar-refractivity contribution in [3.63, 3.8) is 0 Å². The van der Waals surface area contributed by atoms with Gasteiger partial charge in [0.2, 0.25) is 11.1 Å². The van der Waals surface area contributed by atoms with E-state index in [0.29, 0.717) is 17.8 Å². The lowest BCUT2D eigenvalue weighted by Crippen LogP contribution is -2.37. The Hall–Kier alpha value is -1.90. The summed E-state index contributed by atoms with van der Waals surface area (Å²) in [6.07, 6.45) is -0.636. The molecule has 8 heteroatoms. The van der Waals surface area contributed by atoms with Gasteiger partial charge in [0, 0.05) is 6.42 Å². The molecule has 2 bridgehead atoms. The third-order valence-electron chi connectivity index (χ3n) is 4.18. The summed E-state index contributed by atoms with van der Waals surface area (Å²) < 4.78 is 14.6. The van der Waals surface area contributed by atoms with Crippen molar-refractivity contribution in [2.45, 2.75) is 38.7 Å². The predicted octanol–water partition coefficient (Wildman–Crippen LogP) is 1.67. The summed E-state index contributed by atoms with van der Waals surface area (Å²) >= 11 is 5.52. The van der Waals surface area contributed by atoms with Gasteiger partial charge in [0.1, 0.15) is 6.10 Å². The van der Waals surface area contributed by atoms with Crippen molar-refractivity contribution >= 4 is 18.0 Å². The third kappa shape index (κ3) is 2.43. The molecule has 0 saturated carbocycles. The van der Waals surface area contributed by atoms with E-state index in [4.69, 9.17) is 21.7 Å². The molecule has 2 aliphatic heterocycles.